The number of nitrogens with zero attached hydrogens (tertiary/aromatic N) is 6. The molecule has 0 fully saturated rings. The number of hydrogen-bond acceptors (Lipinski definition) is 9. The van der Waals surface area contributed by atoms with Crippen molar-refractivity contribution < 1.29 is 14.6 Å². The number of anilines is 3. The third kappa shape index (κ3) is 3.22. The maximum absolute atomic E-state index is 9.90. The number of aromatic nitrogens is 5. The van der Waals surface area contributed by atoms with Crippen LogP contribution in [-0.4, -0.2) is 56.6 Å². The molecule has 2 N–H and O–H groups in total. The fourth-order valence-corrected chi connectivity index (χ4v) is 2.71. The Morgan fingerprint density at radius 3 is 2.85 bits per heavy atom. The van der Waals surface area contributed by atoms with E-state index in [2.05, 4.69) is 25.3 Å². The quantitative estimate of drug-likeness (QED) is 0.702. The zero-order valence-corrected chi connectivity index (χ0v) is 15.1. The van der Waals surface area contributed by atoms with E-state index in [9.17, 15) is 5.11 Å². The van der Waals surface area contributed by atoms with Gasteiger partial charge in [0.25, 0.3) is 0 Å². The average molecular weight is 369 g/mol. The largest absolute Gasteiger partial charge is 0.493 e. The highest BCUT2D eigenvalue weighted by Gasteiger charge is 2.25. The molecule has 4 heterocycles. The van der Waals surface area contributed by atoms with Gasteiger partial charge in [-0.05, 0) is 6.92 Å². The van der Waals surface area contributed by atoms with Gasteiger partial charge in [0, 0.05) is 19.3 Å². The molecule has 10 nitrogen and oxygen atoms in total. The molecule has 0 saturated carbocycles. The van der Waals surface area contributed by atoms with E-state index in [0.29, 0.717) is 34.8 Å². The molecule has 1 aliphatic heterocycles. The van der Waals surface area contributed by atoms with Gasteiger partial charge >= 0.3 is 0 Å². The van der Waals surface area contributed by atoms with Crippen LogP contribution in [0.25, 0.3) is 5.82 Å². The number of aliphatic hydroxyl groups excluding tert-OH is 1. The molecule has 27 heavy (non-hydrogen) atoms. The fourth-order valence-electron chi connectivity index (χ4n) is 2.71. The summed E-state index contributed by atoms with van der Waals surface area (Å²) >= 11 is 0. The number of likely N-dealkylation sites (N-methyl/N-ethyl adjacent to an activating group) is 1. The molecule has 1 aliphatic rings. The third-order valence-corrected chi connectivity index (χ3v) is 4.17. The summed E-state index contributed by atoms with van der Waals surface area (Å²) in [4.78, 5) is 19.0. The van der Waals surface area contributed by atoms with E-state index in [-0.39, 0.29) is 6.61 Å². The molecule has 0 radical (unpaired) electrons. The van der Waals surface area contributed by atoms with Gasteiger partial charge in [0.2, 0.25) is 5.95 Å². The van der Waals surface area contributed by atoms with E-state index in [1.54, 1.807) is 48.4 Å². The van der Waals surface area contributed by atoms with Gasteiger partial charge in [-0.3, -0.25) is 4.57 Å². The lowest BCUT2D eigenvalue weighted by atomic mass is 10.3. The molecule has 0 aromatic carbocycles. The number of imidazole rings is 1. The molecule has 3 aromatic heterocycles. The van der Waals surface area contributed by atoms with Gasteiger partial charge in [-0.1, -0.05) is 0 Å². The lowest BCUT2D eigenvalue weighted by molar-refractivity contribution is 0.0940. The second-order valence-corrected chi connectivity index (χ2v) is 6.08. The number of methoxy groups -OCH3 is 1. The first kappa shape index (κ1) is 17.0. The number of ether oxygens (including phenoxy) is 2. The Morgan fingerprint density at radius 2 is 2.11 bits per heavy atom. The summed E-state index contributed by atoms with van der Waals surface area (Å²) in [5.74, 6) is 2.59. The lowest BCUT2D eigenvalue weighted by Gasteiger charge is -2.31. The summed E-state index contributed by atoms with van der Waals surface area (Å²) in [6.45, 7) is 2.08. The summed E-state index contributed by atoms with van der Waals surface area (Å²) in [6, 6.07) is 1.80. The van der Waals surface area contributed by atoms with Crippen molar-refractivity contribution in [1.29, 1.82) is 0 Å². The Kier molecular flexibility index (Phi) is 4.24. The van der Waals surface area contributed by atoms with Crippen LogP contribution in [0.2, 0.25) is 0 Å². The number of pyridine rings is 1. The van der Waals surface area contributed by atoms with E-state index < -0.39 is 6.23 Å². The van der Waals surface area contributed by atoms with Crippen LogP contribution in [0.15, 0.2) is 31.0 Å². The van der Waals surface area contributed by atoms with Crippen LogP contribution in [0.3, 0.4) is 0 Å². The van der Waals surface area contributed by atoms with Crippen LogP contribution in [-0.2, 0) is 0 Å². The van der Waals surface area contributed by atoms with Crippen molar-refractivity contribution in [2.75, 3.05) is 31.0 Å². The van der Waals surface area contributed by atoms with Gasteiger partial charge < -0.3 is 24.8 Å². The molecule has 4 rings (SSSR count). The summed E-state index contributed by atoms with van der Waals surface area (Å²) in [6.07, 6.45) is 6.03. The monoisotopic (exact) mass is 369 g/mol. The maximum Gasteiger partial charge on any atom is 0.229 e. The van der Waals surface area contributed by atoms with E-state index in [0.717, 1.165) is 5.69 Å². The summed E-state index contributed by atoms with van der Waals surface area (Å²) < 4.78 is 12.7. The van der Waals surface area contributed by atoms with Crippen molar-refractivity contribution in [2.24, 2.45) is 0 Å². The molecule has 0 saturated heterocycles. The molecule has 0 unspecified atom stereocenters. The lowest BCUT2D eigenvalue weighted by Crippen LogP contribution is -2.40. The number of aliphatic hydroxyl groups is 1. The average Bonchev–Trinajstić information content (AvgIpc) is 3.11. The van der Waals surface area contributed by atoms with Gasteiger partial charge in [-0.25, -0.2) is 15.0 Å². The Labute approximate surface area is 155 Å². The topological polar surface area (TPSA) is 110 Å². The number of hydrogen-bond donors (Lipinski definition) is 2. The first-order valence-electron chi connectivity index (χ1n) is 8.28. The molecule has 1 atom stereocenters. The van der Waals surface area contributed by atoms with E-state index in [1.165, 1.54) is 0 Å². The molecule has 3 aromatic rings. The van der Waals surface area contributed by atoms with E-state index in [4.69, 9.17) is 9.47 Å². The smallest absolute Gasteiger partial charge is 0.229 e. The molecule has 0 aliphatic carbocycles. The van der Waals surface area contributed by atoms with Gasteiger partial charge in [-0.15, -0.1) is 0 Å². The summed E-state index contributed by atoms with van der Waals surface area (Å²) in [7, 11) is 3.33. The number of aryl methyl sites for hydroxylation is 1. The highest BCUT2D eigenvalue weighted by molar-refractivity contribution is 5.61. The highest BCUT2D eigenvalue weighted by atomic mass is 16.5. The number of fused-ring (bicyclic) bond motifs is 1. The highest BCUT2D eigenvalue weighted by Crippen LogP contribution is 2.31. The fraction of sp³-hybridized carbons (Fsp3) is 0.294. The zero-order valence-electron chi connectivity index (χ0n) is 15.1. The molecule has 10 heteroatoms. The van der Waals surface area contributed by atoms with Crippen molar-refractivity contribution in [3.8, 4) is 17.3 Å². The number of rotatable bonds is 4. The predicted molar refractivity (Wildman–Crippen MR) is 97.9 cm³/mol. The number of nitrogens with one attached hydrogen (secondary N) is 1. The standard InChI is InChI=1S/C17H19N7O3/c1-10-7-24(9-20-10)15-12(26-3)4-11(5-18-15)21-17-19-6-13-16(22-17)23(2)14(25)8-27-13/h4-7,9,14,25H,8H2,1-3H3,(H,19,21,22)/t14-/m0/s1. The summed E-state index contributed by atoms with van der Waals surface area (Å²) in [5.41, 5.74) is 1.55. The van der Waals surface area contributed by atoms with E-state index in [1.807, 2.05) is 13.1 Å². The molecule has 140 valence electrons. The molecule has 0 spiro atoms. The minimum atomic E-state index is -0.750. The summed E-state index contributed by atoms with van der Waals surface area (Å²) in [5, 5.41) is 13.0. The Hall–Kier alpha value is -3.40. The minimum Gasteiger partial charge on any atom is -0.493 e. The van der Waals surface area contributed by atoms with Crippen molar-refractivity contribution >= 4 is 17.5 Å². The molecular formula is C17H19N7O3. The van der Waals surface area contributed by atoms with Crippen molar-refractivity contribution in [3.05, 3.63) is 36.7 Å². The van der Waals surface area contributed by atoms with Gasteiger partial charge in [0.1, 0.15) is 12.9 Å². The van der Waals surface area contributed by atoms with Crippen molar-refractivity contribution in [3.63, 3.8) is 0 Å². The van der Waals surface area contributed by atoms with Crippen LogP contribution in [0.4, 0.5) is 17.5 Å². The van der Waals surface area contributed by atoms with Crippen LogP contribution in [0.1, 0.15) is 5.69 Å². The zero-order chi connectivity index (χ0) is 19.0. The van der Waals surface area contributed by atoms with Gasteiger partial charge in [-0.2, -0.15) is 4.98 Å². The molecule has 0 bridgehead atoms. The normalized spacial score (nSPS) is 15.9. The van der Waals surface area contributed by atoms with Crippen LogP contribution < -0.4 is 19.7 Å². The minimum absolute atomic E-state index is 0.177. The SMILES string of the molecule is COc1cc(Nc2ncc3c(n2)N(C)[C@@H](O)CO3)cnc1-n1cnc(C)c1. The Balaban J connectivity index is 1.62. The van der Waals surface area contributed by atoms with E-state index >= 15 is 0 Å². The van der Waals surface area contributed by atoms with Crippen molar-refractivity contribution in [1.82, 2.24) is 24.5 Å². The Bertz CT molecular complexity index is 975. The maximum atomic E-state index is 9.90. The Morgan fingerprint density at radius 1 is 1.26 bits per heavy atom. The second-order valence-electron chi connectivity index (χ2n) is 6.08. The van der Waals surface area contributed by atoms with Crippen LogP contribution >= 0.6 is 0 Å². The van der Waals surface area contributed by atoms with Gasteiger partial charge in [0.05, 0.1) is 30.9 Å². The molecule has 0 amide bonds. The van der Waals surface area contributed by atoms with Crippen LogP contribution in [0, 0.1) is 6.92 Å². The predicted octanol–water partition coefficient (Wildman–Crippen LogP) is 1.26. The molecular weight excluding hydrogens is 350 g/mol. The first-order valence-corrected chi connectivity index (χ1v) is 8.28. The van der Waals surface area contributed by atoms with Crippen LogP contribution in [0.5, 0.6) is 11.5 Å². The second kappa shape index (κ2) is 6.72. The van der Waals surface area contributed by atoms with Crippen molar-refractivity contribution in [2.45, 2.75) is 13.2 Å². The van der Waals surface area contributed by atoms with Gasteiger partial charge in [0.15, 0.2) is 29.4 Å². The first-order chi connectivity index (χ1) is 13.0. The third-order valence-electron chi connectivity index (χ3n) is 4.17.